The molecule has 2 aliphatic heterocycles. The summed E-state index contributed by atoms with van der Waals surface area (Å²) in [4.78, 5) is 2.44. The van der Waals surface area contributed by atoms with E-state index in [1.807, 2.05) is 0 Å². The van der Waals surface area contributed by atoms with Crippen molar-refractivity contribution >= 4 is 28.7 Å². The molecule has 0 spiro atoms. The van der Waals surface area contributed by atoms with Gasteiger partial charge in [0, 0.05) is 30.8 Å². The van der Waals surface area contributed by atoms with E-state index in [1.165, 1.54) is 17.7 Å². The SMILES string of the molecule is COc1cc2c3c(c1)C(=NNC(N)=S)CCN3CCC2. The van der Waals surface area contributed by atoms with Crippen molar-refractivity contribution in [3.8, 4) is 5.75 Å². The second kappa shape index (κ2) is 5.28. The fourth-order valence-electron chi connectivity index (χ4n) is 2.98. The Morgan fingerprint density at radius 1 is 1.40 bits per heavy atom. The van der Waals surface area contributed by atoms with Crippen LogP contribution in [-0.2, 0) is 6.42 Å². The molecule has 0 unspecified atom stereocenters. The minimum absolute atomic E-state index is 0.191. The number of hydrogen-bond acceptors (Lipinski definition) is 4. The number of anilines is 1. The van der Waals surface area contributed by atoms with Gasteiger partial charge in [0.15, 0.2) is 5.11 Å². The minimum Gasteiger partial charge on any atom is -0.497 e. The lowest BCUT2D eigenvalue weighted by Crippen LogP contribution is -2.37. The number of hydrazone groups is 1. The summed E-state index contributed by atoms with van der Waals surface area (Å²) in [5.74, 6) is 0.880. The Bertz CT molecular complexity index is 585. The third kappa shape index (κ3) is 2.31. The van der Waals surface area contributed by atoms with Gasteiger partial charge in [0.25, 0.3) is 0 Å². The summed E-state index contributed by atoms with van der Waals surface area (Å²) in [7, 11) is 1.70. The Balaban J connectivity index is 2.09. The number of rotatable bonds is 2. The third-order valence-corrected chi connectivity index (χ3v) is 3.91. The third-order valence-electron chi connectivity index (χ3n) is 3.82. The van der Waals surface area contributed by atoms with E-state index in [4.69, 9.17) is 22.7 Å². The van der Waals surface area contributed by atoms with Crippen molar-refractivity contribution in [1.29, 1.82) is 0 Å². The molecule has 106 valence electrons. The van der Waals surface area contributed by atoms with Gasteiger partial charge in [0.05, 0.1) is 12.8 Å². The number of hydrogen-bond donors (Lipinski definition) is 2. The van der Waals surface area contributed by atoms with Crippen LogP contribution in [0.1, 0.15) is 24.0 Å². The van der Waals surface area contributed by atoms with Gasteiger partial charge in [-0.05, 0) is 42.8 Å². The maximum atomic E-state index is 5.46. The van der Waals surface area contributed by atoms with Crippen molar-refractivity contribution in [2.45, 2.75) is 19.3 Å². The first-order chi connectivity index (χ1) is 9.69. The zero-order valence-electron chi connectivity index (χ0n) is 11.5. The summed E-state index contributed by atoms with van der Waals surface area (Å²) >= 11 is 4.82. The van der Waals surface area contributed by atoms with Crippen LogP contribution >= 0.6 is 12.2 Å². The van der Waals surface area contributed by atoms with Crippen molar-refractivity contribution < 1.29 is 4.74 Å². The summed E-state index contributed by atoms with van der Waals surface area (Å²) < 4.78 is 5.41. The Kier molecular flexibility index (Phi) is 3.48. The van der Waals surface area contributed by atoms with Gasteiger partial charge in [-0.2, -0.15) is 5.10 Å². The van der Waals surface area contributed by atoms with E-state index >= 15 is 0 Å². The monoisotopic (exact) mass is 290 g/mol. The molecule has 20 heavy (non-hydrogen) atoms. The number of aryl methyl sites for hydroxylation is 1. The number of nitrogens with zero attached hydrogens (tertiary/aromatic N) is 2. The lowest BCUT2D eigenvalue weighted by atomic mass is 9.90. The number of nitrogens with one attached hydrogen (secondary N) is 1. The number of benzene rings is 1. The molecule has 0 amide bonds. The highest BCUT2D eigenvalue weighted by atomic mass is 32.1. The molecule has 1 aromatic carbocycles. The van der Waals surface area contributed by atoms with E-state index in [0.29, 0.717) is 0 Å². The number of ether oxygens (including phenoxy) is 1. The Morgan fingerprint density at radius 3 is 3.00 bits per heavy atom. The van der Waals surface area contributed by atoms with E-state index in [2.05, 4.69) is 27.6 Å². The molecule has 6 heteroatoms. The predicted molar refractivity (Wildman–Crippen MR) is 84.6 cm³/mol. The van der Waals surface area contributed by atoms with E-state index in [1.54, 1.807) is 7.11 Å². The lowest BCUT2D eigenvalue weighted by molar-refractivity contribution is 0.413. The fourth-order valence-corrected chi connectivity index (χ4v) is 3.02. The molecule has 0 bridgehead atoms. The zero-order valence-corrected chi connectivity index (χ0v) is 12.3. The summed E-state index contributed by atoms with van der Waals surface area (Å²) in [6.07, 6.45) is 3.17. The van der Waals surface area contributed by atoms with Gasteiger partial charge >= 0.3 is 0 Å². The minimum atomic E-state index is 0.191. The maximum Gasteiger partial charge on any atom is 0.184 e. The average Bonchev–Trinajstić information content (AvgIpc) is 2.46. The first-order valence-electron chi connectivity index (χ1n) is 6.77. The van der Waals surface area contributed by atoms with Gasteiger partial charge in [-0.25, -0.2) is 0 Å². The predicted octanol–water partition coefficient (Wildman–Crippen LogP) is 1.39. The normalized spacial score (nSPS) is 18.6. The Morgan fingerprint density at radius 2 is 2.25 bits per heavy atom. The second-order valence-electron chi connectivity index (χ2n) is 5.06. The van der Waals surface area contributed by atoms with Crippen LogP contribution in [0.25, 0.3) is 0 Å². The molecule has 2 heterocycles. The zero-order chi connectivity index (χ0) is 14.1. The maximum absolute atomic E-state index is 5.46. The fraction of sp³-hybridized carbons (Fsp3) is 0.429. The van der Waals surface area contributed by atoms with Crippen LogP contribution in [0, 0.1) is 0 Å². The molecule has 0 fully saturated rings. The molecular weight excluding hydrogens is 272 g/mol. The van der Waals surface area contributed by atoms with Gasteiger partial charge in [0.2, 0.25) is 0 Å². The van der Waals surface area contributed by atoms with Gasteiger partial charge < -0.3 is 15.4 Å². The van der Waals surface area contributed by atoms with Crippen molar-refractivity contribution in [3.63, 3.8) is 0 Å². The smallest absolute Gasteiger partial charge is 0.184 e. The summed E-state index contributed by atoms with van der Waals surface area (Å²) in [6.45, 7) is 2.10. The molecule has 1 aromatic rings. The lowest BCUT2D eigenvalue weighted by Gasteiger charge is -2.37. The van der Waals surface area contributed by atoms with Crippen LogP contribution in [-0.4, -0.2) is 31.0 Å². The van der Waals surface area contributed by atoms with Crippen LogP contribution in [0.2, 0.25) is 0 Å². The van der Waals surface area contributed by atoms with Crippen LogP contribution < -0.4 is 20.8 Å². The molecule has 3 N–H and O–H groups in total. The van der Waals surface area contributed by atoms with Gasteiger partial charge in [-0.3, -0.25) is 5.43 Å². The summed E-state index contributed by atoms with van der Waals surface area (Å²) in [5, 5.41) is 4.54. The standard InChI is InChI=1S/C14H18N4OS/c1-19-10-7-9-3-2-5-18-6-4-12(16-17-14(15)20)11(8-10)13(9)18/h7-8H,2-6H2,1H3,(H3,15,17,20). The molecule has 5 nitrogen and oxygen atoms in total. The largest absolute Gasteiger partial charge is 0.497 e. The highest BCUT2D eigenvalue weighted by Crippen LogP contribution is 2.38. The van der Waals surface area contributed by atoms with Crippen LogP contribution in [0.5, 0.6) is 5.75 Å². The highest BCUT2D eigenvalue weighted by Gasteiger charge is 2.28. The summed E-state index contributed by atoms with van der Waals surface area (Å²) in [5.41, 5.74) is 12.9. The van der Waals surface area contributed by atoms with Crippen LogP contribution in [0.15, 0.2) is 17.2 Å². The Labute approximate surface area is 123 Å². The van der Waals surface area contributed by atoms with Crippen LogP contribution in [0.4, 0.5) is 5.69 Å². The molecule has 0 aromatic heterocycles. The van der Waals surface area contributed by atoms with E-state index < -0.39 is 0 Å². The highest BCUT2D eigenvalue weighted by molar-refractivity contribution is 7.80. The van der Waals surface area contributed by atoms with E-state index in [0.717, 1.165) is 43.0 Å². The van der Waals surface area contributed by atoms with Crippen LogP contribution in [0.3, 0.4) is 0 Å². The first-order valence-corrected chi connectivity index (χ1v) is 7.18. The molecule has 3 rings (SSSR count). The van der Waals surface area contributed by atoms with Crippen molar-refractivity contribution in [1.82, 2.24) is 5.43 Å². The van der Waals surface area contributed by atoms with Crippen molar-refractivity contribution in [3.05, 3.63) is 23.3 Å². The quantitative estimate of drug-likeness (QED) is 0.636. The topological polar surface area (TPSA) is 62.9 Å². The molecule has 0 saturated heterocycles. The molecule has 0 atom stereocenters. The van der Waals surface area contributed by atoms with Crippen molar-refractivity contribution in [2.24, 2.45) is 10.8 Å². The summed E-state index contributed by atoms with van der Waals surface area (Å²) in [6, 6.07) is 4.19. The van der Waals surface area contributed by atoms with E-state index in [9.17, 15) is 0 Å². The average molecular weight is 290 g/mol. The number of thiocarbonyl (C=S) groups is 1. The number of nitrogens with two attached hydrogens (primary N) is 1. The molecule has 0 saturated carbocycles. The molecular formula is C14H18N4OS. The number of methoxy groups -OCH3 is 1. The first kappa shape index (κ1) is 13.2. The molecule has 0 aliphatic carbocycles. The molecule has 2 aliphatic rings. The van der Waals surface area contributed by atoms with Gasteiger partial charge in [-0.1, -0.05) is 0 Å². The van der Waals surface area contributed by atoms with E-state index in [-0.39, 0.29) is 5.11 Å². The van der Waals surface area contributed by atoms with Gasteiger partial charge in [-0.15, -0.1) is 0 Å². The second-order valence-corrected chi connectivity index (χ2v) is 5.50. The molecule has 0 radical (unpaired) electrons. The van der Waals surface area contributed by atoms with Gasteiger partial charge in [0.1, 0.15) is 5.75 Å². The van der Waals surface area contributed by atoms with Crippen molar-refractivity contribution in [2.75, 3.05) is 25.1 Å². The Hall–Kier alpha value is -1.82.